The number of aromatic nitrogens is 3. The van der Waals surface area contributed by atoms with E-state index < -0.39 is 10.2 Å². The Kier molecular flexibility index (Phi) is 3.43. The molecular formula is C13H13N5O3S. The lowest BCUT2D eigenvalue weighted by Gasteiger charge is -2.06. The molecule has 3 aromatic rings. The quantitative estimate of drug-likeness (QED) is 0.746. The first kappa shape index (κ1) is 14.3. The van der Waals surface area contributed by atoms with E-state index in [1.54, 1.807) is 42.1 Å². The standard InChI is InChI=1S/C13H13N5O3S/c1-21-11-6-7-13-12(8-11)15-17-18(13)10-4-2-9(3-5-10)16-22(14,19)20/h2-8,16H,1H3,(H2,14,19,20). The predicted octanol–water partition coefficient (Wildman–Crippen LogP) is 1.04. The molecule has 0 aliphatic heterocycles. The molecule has 0 aliphatic carbocycles. The van der Waals surface area contributed by atoms with Gasteiger partial charge in [0.25, 0.3) is 10.2 Å². The molecule has 0 unspecified atom stereocenters. The number of ether oxygens (including phenoxy) is 1. The predicted molar refractivity (Wildman–Crippen MR) is 82.1 cm³/mol. The molecule has 0 saturated carbocycles. The van der Waals surface area contributed by atoms with E-state index in [0.717, 1.165) is 11.2 Å². The highest BCUT2D eigenvalue weighted by molar-refractivity contribution is 7.90. The average molecular weight is 319 g/mol. The lowest BCUT2D eigenvalue weighted by atomic mass is 10.2. The number of methoxy groups -OCH3 is 1. The van der Waals surface area contributed by atoms with Gasteiger partial charge < -0.3 is 4.74 Å². The van der Waals surface area contributed by atoms with Crippen LogP contribution in [0.3, 0.4) is 0 Å². The molecule has 0 bridgehead atoms. The zero-order chi connectivity index (χ0) is 15.7. The van der Waals surface area contributed by atoms with Crippen LogP contribution in [0.15, 0.2) is 42.5 Å². The van der Waals surface area contributed by atoms with Crippen LogP contribution in [-0.4, -0.2) is 30.5 Å². The van der Waals surface area contributed by atoms with Crippen LogP contribution in [0.5, 0.6) is 5.75 Å². The number of benzene rings is 2. The zero-order valence-electron chi connectivity index (χ0n) is 11.6. The number of rotatable bonds is 4. The molecule has 0 saturated heterocycles. The highest BCUT2D eigenvalue weighted by Crippen LogP contribution is 2.22. The number of nitrogens with one attached hydrogen (secondary N) is 1. The number of nitrogens with zero attached hydrogens (tertiary/aromatic N) is 3. The number of nitrogens with two attached hydrogens (primary N) is 1. The van der Waals surface area contributed by atoms with Crippen LogP contribution in [0.25, 0.3) is 16.7 Å². The Labute approximate surface area is 126 Å². The summed E-state index contributed by atoms with van der Waals surface area (Å²) in [6, 6.07) is 12.1. The molecule has 1 heterocycles. The minimum Gasteiger partial charge on any atom is -0.497 e. The summed E-state index contributed by atoms with van der Waals surface area (Å²) in [4.78, 5) is 0. The van der Waals surface area contributed by atoms with Gasteiger partial charge in [-0.3, -0.25) is 4.72 Å². The normalized spacial score (nSPS) is 11.5. The fraction of sp³-hybridized carbons (Fsp3) is 0.0769. The Morgan fingerprint density at radius 1 is 1.18 bits per heavy atom. The minimum absolute atomic E-state index is 0.373. The van der Waals surface area contributed by atoms with Crippen LogP contribution in [0.4, 0.5) is 5.69 Å². The summed E-state index contributed by atoms with van der Waals surface area (Å²) in [6.07, 6.45) is 0. The van der Waals surface area contributed by atoms with Crippen molar-refractivity contribution in [1.29, 1.82) is 0 Å². The molecule has 0 amide bonds. The summed E-state index contributed by atoms with van der Waals surface area (Å²) in [5.74, 6) is 0.701. The number of hydrogen-bond donors (Lipinski definition) is 2. The molecule has 22 heavy (non-hydrogen) atoms. The van der Waals surface area contributed by atoms with Gasteiger partial charge in [0.15, 0.2) is 0 Å². The van der Waals surface area contributed by atoms with Gasteiger partial charge in [-0.05, 0) is 36.4 Å². The lowest BCUT2D eigenvalue weighted by molar-refractivity contribution is 0.415. The molecule has 0 spiro atoms. The zero-order valence-corrected chi connectivity index (χ0v) is 12.4. The van der Waals surface area contributed by atoms with Crippen LogP contribution in [0, 0.1) is 0 Å². The highest BCUT2D eigenvalue weighted by Gasteiger charge is 2.08. The van der Waals surface area contributed by atoms with Crippen molar-refractivity contribution in [2.75, 3.05) is 11.8 Å². The average Bonchev–Trinajstić information content (AvgIpc) is 2.89. The van der Waals surface area contributed by atoms with Crippen LogP contribution in [0.2, 0.25) is 0 Å². The van der Waals surface area contributed by atoms with Gasteiger partial charge in [0.1, 0.15) is 11.3 Å². The van der Waals surface area contributed by atoms with Crippen molar-refractivity contribution < 1.29 is 13.2 Å². The van der Waals surface area contributed by atoms with E-state index in [-0.39, 0.29) is 0 Å². The lowest BCUT2D eigenvalue weighted by Crippen LogP contribution is -2.21. The van der Waals surface area contributed by atoms with Gasteiger partial charge in [0, 0.05) is 11.8 Å². The molecule has 3 rings (SSSR count). The monoisotopic (exact) mass is 319 g/mol. The minimum atomic E-state index is -3.78. The molecule has 0 fully saturated rings. The topological polar surface area (TPSA) is 112 Å². The molecule has 9 heteroatoms. The van der Waals surface area contributed by atoms with Crippen LogP contribution < -0.4 is 14.6 Å². The summed E-state index contributed by atoms with van der Waals surface area (Å²) in [5.41, 5.74) is 2.63. The largest absolute Gasteiger partial charge is 0.497 e. The third-order valence-electron chi connectivity index (χ3n) is 3.02. The maximum Gasteiger partial charge on any atom is 0.296 e. The smallest absolute Gasteiger partial charge is 0.296 e. The van der Waals surface area contributed by atoms with Crippen molar-refractivity contribution in [2.45, 2.75) is 0 Å². The Bertz CT molecular complexity index is 919. The van der Waals surface area contributed by atoms with E-state index in [9.17, 15) is 8.42 Å². The van der Waals surface area contributed by atoms with Crippen molar-refractivity contribution in [3.05, 3.63) is 42.5 Å². The highest BCUT2D eigenvalue weighted by atomic mass is 32.2. The third-order valence-corrected chi connectivity index (χ3v) is 3.54. The molecular weight excluding hydrogens is 306 g/mol. The first-order valence-electron chi connectivity index (χ1n) is 6.27. The summed E-state index contributed by atoms with van der Waals surface area (Å²) in [5, 5.41) is 13.1. The second kappa shape index (κ2) is 5.28. The van der Waals surface area contributed by atoms with Crippen molar-refractivity contribution in [2.24, 2.45) is 5.14 Å². The first-order valence-corrected chi connectivity index (χ1v) is 7.81. The molecule has 0 radical (unpaired) electrons. The van der Waals surface area contributed by atoms with E-state index in [1.807, 2.05) is 12.1 Å². The van der Waals surface area contributed by atoms with Gasteiger partial charge in [0.05, 0.1) is 18.3 Å². The van der Waals surface area contributed by atoms with E-state index in [4.69, 9.17) is 9.88 Å². The van der Waals surface area contributed by atoms with Crippen LogP contribution in [-0.2, 0) is 10.2 Å². The van der Waals surface area contributed by atoms with E-state index in [1.165, 1.54) is 0 Å². The molecule has 8 nitrogen and oxygen atoms in total. The Balaban J connectivity index is 1.97. The van der Waals surface area contributed by atoms with Crippen LogP contribution >= 0.6 is 0 Å². The van der Waals surface area contributed by atoms with Gasteiger partial charge in [-0.2, -0.15) is 8.42 Å². The van der Waals surface area contributed by atoms with Gasteiger partial charge in [0.2, 0.25) is 0 Å². The SMILES string of the molecule is COc1ccc2c(c1)nnn2-c1ccc(NS(N)(=O)=O)cc1. The first-order chi connectivity index (χ1) is 10.5. The Hall–Kier alpha value is -2.65. The number of fused-ring (bicyclic) bond motifs is 1. The molecule has 0 aliphatic rings. The van der Waals surface area contributed by atoms with E-state index in [2.05, 4.69) is 15.0 Å². The van der Waals surface area contributed by atoms with E-state index >= 15 is 0 Å². The van der Waals surface area contributed by atoms with Crippen molar-refractivity contribution in [3.8, 4) is 11.4 Å². The second-order valence-corrected chi connectivity index (χ2v) is 5.84. The van der Waals surface area contributed by atoms with Gasteiger partial charge in [-0.15, -0.1) is 5.10 Å². The summed E-state index contributed by atoms with van der Waals surface area (Å²) in [7, 11) is -2.20. The second-order valence-electron chi connectivity index (χ2n) is 4.55. The fourth-order valence-corrected chi connectivity index (χ4v) is 2.52. The summed E-state index contributed by atoms with van der Waals surface area (Å²) >= 11 is 0. The molecule has 0 atom stereocenters. The van der Waals surface area contributed by atoms with E-state index in [0.29, 0.717) is 17.0 Å². The molecule has 3 N–H and O–H groups in total. The van der Waals surface area contributed by atoms with Crippen molar-refractivity contribution in [1.82, 2.24) is 15.0 Å². The third kappa shape index (κ3) is 2.85. The Morgan fingerprint density at radius 3 is 2.55 bits per heavy atom. The van der Waals surface area contributed by atoms with Crippen LogP contribution in [0.1, 0.15) is 0 Å². The Morgan fingerprint density at radius 2 is 1.91 bits per heavy atom. The van der Waals surface area contributed by atoms with Crippen molar-refractivity contribution in [3.63, 3.8) is 0 Å². The summed E-state index contributed by atoms with van der Waals surface area (Å²) in [6.45, 7) is 0. The maximum absolute atomic E-state index is 11.0. The molecule has 1 aromatic heterocycles. The van der Waals surface area contributed by atoms with Gasteiger partial charge in [-0.25, -0.2) is 9.82 Å². The van der Waals surface area contributed by atoms with Crippen molar-refractivity contribution >= 4 is 26.9 Å². The summed E-state index contributed by atoms with van der Waals surface area (Å²) < 4.78 is 30.9. The molecule has 2 aromatic carbocycles. The number of hydrogen-bond acceptors (Lipinski definition) is 5. The van der Waals surface area contributed by atoms with Gasteiger partial charge in [-0.1, -0.05) is 5.21 Å². The number of anilines is 1. The van der Waals surface area contributed by atoms with Gasteiger partial charge >= 0.3 is 0 Å². The maximum atomic E-state index is 11.0. The fourth-order valence-electron chi connectivity index (χ4n) is 2.06. The molecule has 114 valence electrons.